The summed E-state index contributed by atoms with van der Waals surface area (Å²) < 4.78 is 1.92. The number of amides is 1. The fourth-order valence-corrected chi connectivity index (χ4v) is 3.78. The first kappa shape index (κ1) is 17.7. The molecule has 2 aromatic rings. The molecule has 4 nitrogen and oxygen atoms in total. The van der Waals surface area contributed by atoms with Crippen molar-refractivity contribution in [3.05, 3.63) is 52.8 Å². The maximum Gasteiger partial charge on any atom is 0.222 e. The Bertz CT molecular complexity index is 734. The Morgan fingerprint density at radius 2 is 2.00 bits per heavy atom. The number of benzene rings is 1. The molecule has 3 rings (SSSR count). The summed E-state index contributed by atoms with van der Waals surface area (Å²) in [5.41, 5.74) is 5.02. The van der Waals surface area contributed by atoms with Gasteiger partial charge in [0.15, 0.2) is 0 Å². The Morgan fingerprint density at radius 3 is 2.72 bits per heavy atom. The van der Waals surface area contributed by atoms with E-state index in [2.05, 4.69) is 43.2 Å². The minimum atomic E-state index is 0.221. The second-order valence-corrected chi connectivity index (χ2v) is 7.15. The van der Waals surface area contributed by atoms with Crippen LogP contribution in [0.5, 0.6) is 0 Å². The number of carbonyl (C=O) groups is 1. The van der Waals surface area contributed by atoms with E-state index in [4.69, 9.17) is 0 Å². The molecule has 0 bridgehead atoms. The highest BCUT2D eigenvalue weighted by molar-refractivity contribution is 5.76. The lowest BCUT2D eigenvalue weighted by Gasteiger charge is -2.35. The number of carbonyl (C=O) groups excluding carboxylic acids is 1. The van der Waals surface area contributed by atoms with E-state index >= 15 is 0 Å². The molecule has 1 aliphatic heterocycles. The van der Waals surface area contributed by atoms with Crippen LogP contribution in [0.3, 0.4) is 0 Å². The van der Waals surface area contributed by atoms with Gasteiger partial charge in [-0.2, -0.15) is 5.10 Å². The van der Waals surface area contributed by atoms with Gasteiger partial charge in [0.1, 0.15) is 0 Å². The molecule has 0 aliphatic carbocycles. The number of fused-ring (bicyclic) bond motifs is 1. The van der Waals surface area contributed by atoms with Crippen LogP contribution in [-0.2, 0) is 18.4 Å². The van der Waals surface area contributed by atoms with E-state index in [-0.39, 0.29) is 11.8 Å². The molecule has 0 fully saturated rings. The summed E-state index contributed by atoms with van der Waals surface area (Å²) >= 11 is 0. The van der Waals surface area contributed by atoms with E-state index in [0.717, 1.165) is 25.9 Å². The van der Waals surface area contributed by atoms with Crippen LogP contribution in [-0.4, -0.2) is 27.1 Å². The number of hydrogen-bond donors (Lipinski definition) is 0. The molecule has 1 amide bonds. The zero-order valence-electron chi connectivity index (χ0n) is 15.7. The predicted molar refractivity (Wildman–Crippen MR) is 100 cm³/mol. The number of aromatic nitrogens is 2. The summed E-state index contributed by atoms with van der Waals surface area (Å²) in [6.45, 7) is 5.80. The molecule has 1 aromatic carbocycles. The van der Waals surface area contributed by atoms with Gasteiger partial charge in [-0.25, -0.2) is 0 Å². The molecule has 1 aliphatic rings. The first-order valence-electron chi connectivity index (χ1n) is 9.46. The minimum absolute atomic E-state index is 0.221. The van der Waals surface area contributed by atoms with Gasteiger partial charge >= 0.3 is 0 Å². The highest BCUT2D eigenvalue weighted by Crippen LogP contribution is 2.35. The molecule has 1 atom stereocenters. The van der Waals surface area contributed by atoms with E-state index in [1.54, 1.807) is 0 Å². The topological polar surface area (TPSA) is 38.1 Å². The predicted octanol–water partition coefficient (Wildman–Crippen LogP) is 4.17. The van der Waals surface area contributed by atoms with Gasteiger partial charge in [0, 0.05) is 43.7 Å². The van der Waals surface area contributed by atoms with Gasteiger partial charge in [-0.1, -0.05) is 50.5 Å². The van der Waals surface area contributed by atoms with Gasteiger partial charge in [0.25, 0.3) is 0 Å². The molecular formula is C21H29N3O. The van der Waals surface area contributed by atoms with E-state index in [9.17, 15) is 4.79 Å². The third kappa shape index (κ3) is 3.78. The third-order valence-electron chi connectivity index (χ3n) is 5.44. The number of hydrogen-bond acceptors (Lipinski definition) is 2. The zero-order valence-corrected chi connectivity index (χ0v) is 15.7. The Balaban J connectivity index is 1.81. The smallest absolute Gasteiger partial charge is 0.222 e. The standard InChI is InChI=1S/C21H29N3O/c1-4-5-6-7-12-21(25)24-14-17-10-8-9-11-18(17)20(15-24)19-13-22-23(3)16(19)2/h8-11,13,20H,4-7,12,14-15H2,1-3H3. The van der Waals surface area contributed by atoms with E-state index in [1.807, 2.05) is 22.8 Å². The van der Waals surface area contributed by atoms with Crippen molar-refractivity contribution in [2.75, 3.05) is 6.54 Å². The highest BCUT2D eigenvalue weighted by Gasteiger charge is 2.30. The van der Waals surface area contributed by atoms with Crippen LogP contribution in [0.15, 0.2) is 30.5 Å². The first-order chi connectivity index (χ1) is 12.1. The summed E-state index contributed by atoms with van der Waals surface area (Å²) in [5.74, 6) is 0.510. The van der Waals surface area contributed by atoms with Crippen LogP contribution < -0.4 is 0 Å². The van der Waals surface area contributed by atoms with E-state index < -0.39 is 0 Å². The summed E-state index contributed by atoms with van der Waals surface area (Å²) in [5, 5.41) is 4.42. The van der Waals surface area contributed by atoms with Gasteiger partial charge in [-0.15, -0.1) is 0 Å². The van der Waals surface area contributed by atoms with Crippen molar-refractivity contribution in [2.24, 2.45) is 7.05 Å². The molecule has 4 heteroatoms. The number of nitrogens with zero attached hydrogens (tertiary/aromatic N) is 3. The maximum absolute atomic E-state index is 12.7. The van der Waals surface area contributed by atoms with Crippen LogP contribution in [0.4, 0.5) is 0 Å². The van der Waals surface area contributed by atoms with Crippen molar-refractivity contribution in [3.8, 4) is 0 Å². The number of aryl methyl sites for hydroxylation is 1. The van der Waals surface area contributed by atoms with Gasteiger partial charge in [-0.3, -0.25) is 9.48 Å². The molecule has 0 saturated carbocycles. The summed E-state index contributed by atoms with van der Waals surface area (Å²) in [6, 6.07) is 8.53. The Kier molecular flexibility index (Phi) is 5.57. The van der Waals surface area contributed by atoms with Crippen molar-refractivity contribution in [2.45, 2.75) is 58.4 Å². The van der Waals surface area contributed by atoms with Crippen molar-refractivity contribution in [1.29, 1.82) is 0 Å². The van der Waals surface area contributed by atoms with Crippen molar-refractivity contribution in [3.63, 3.8) is 0 Å². The number of unbranched alkanes of at least 4 members (excludes halogenated alkanes) is 3. The molecule has 134 valence electrons. The van der Waals surface area contributed by atoms with Crippen molar-refractivity contribution >= 4 is 5.91 Å². The summed E-state index contributed by atoms with van der Waals surface area (Å²) in [7, 11) is 1.98. The van der Waals surface area contributed by atoms with Gasteiger partial charge in [0.2, 0.25) is 5.91 Å². The fraction of sp³-hybridized carbons (Fsp3) is 0.524. The number of rotatable bonds is 6. The van der Waals surface area contributed by atoms with Crippen LogP contribution in [0.25, 0.3) is 0 Å². The summed E-state index contributed by atoms with van der Waals surface area (Å²) in [6.07, 6.45) is 7.20. The quantitative estimate of drug-likeness (QED) is 0.741. The van der Waals surface area contributed by atoms with Crippen LogP contribution in [0.2, 0.25) is 0 Å². The highest BCUT2D eigenvalue weighted by atomic mass is 16.2. The third-order valence-corrected chi connectivity index (χ3v) is 5.44. The van der Waals surface area contributed by atoms with Crippen molar-refractivity contribution < 1.29 is 4.79 Å². The minimum Gasteiger partial charge on any atom is -0.337 e. The molecule has 1 aromatic heterocycles. The van der Waals surface area contributed by atoms with Crippen LogP contribution in [0.1, 0.15) is 67.3 Å². The van der Waals surface area contributed by atoms with Crippen LogP contribution in [0, 0.1) is 6.92 Å². The van der Waals surface area contributed by atoms with Gasteiger partial charge in [0.05, 0.1) is 6.20 Å². The van der Waals surface area contributed by atoms with Crippen molar-refractivity contribution in [1.82, 2.24) is 14.7 Å². The average Bonchev–Trinajstić information content (AvgIpc) is 2.96. The molecule has 0 spiro atoms. The van der Waals surface area contributed by atoms with E-state index in [0.29, 0.717) is 6.42 Å². The lowest BCUT2D eigenvalue weighted by atomic mass is 9.84. The Morgan fingerprint density at radius 1 is 1.20 bits per heavy atom. The first-order valence-corrected chi connectivity index (χ1v) is 9.46. The second-order valence-electron chi connectivity index (χ2n) is 7.15. The normalized spacial score (nSPS) is 16.8. The second kappa shape index (κ2) is 7.85. The molecule has 0 N–H and O–H groups in total. The fourth-order valence-electron chi connectivity index (χ4n) is 3.78. The Labute approximate surface area is 150 Å². The molecule has 2 heterocycles. The molecular weight excluding hydrogens is 310 g/mol. The molecule has 25 heavy (non-hydrogen) atoms. The lowest BCUT2D eigenvalue weighted by Crippen LogP contribution is -2.38. The largest absolute Gasteiger partial charge is 0.337 e. The lowest BCUT2D eigenvalue weighted by molar-refractivity contribution is -0.132. The Hall–Kier alpha value is -2.10. The molecule has 0 radical (unpaired) electrons. The van der Waals surface area contributed by atoms with E-state index in [1.165, 1.54) is 35.2 Å². The monoisotopic (exact) mass is 339 g/mol. The zero-order chi connectivity index (χ0) is 17.8. The summed E-state index contributed by atoms with van der Waals surface area (Å²) in [4.78, 5) is 14.8. The molecule has 0 saturated heterocycles. The van der Waals surface area contributed by atoms with Crippen LogP contribution >= 0.6 is 0 Å². The molecule has 1 unspecified atom stereocenters. The average molecular weight is 339 g/mol. The van der Waals surface area contributed by atoms with Gasteiger partial charge in [-0.05, 0) is 24.5 Å². The SMILES string of the molecule is CCCCCCC(=O)N1Cc2ccccc2C(c2cnn(C)c2C)C1. The van der Waals surface area contributed by atoms with Gasteiger partial charge < -0.3 is 4.90 Å². The maximum atomic E-state index is 12.7.